The van der Waals surface area contributed by atoms with Crippen LogP contribution in [-0.2, 0) is 6.54 Å². The molecule has 0 fully saturated rings. The van der Waals surface area contributed by atoms with E-state index in [0.29, 0.717) is 17.8 Å². The van der Waals surface area contributed by atoms with Crippen LogP contribution in [0.1, 0.15) is 47.2 Å². The highest BCUT2D eigenvalue weighted by Gasteiger charge is 2.11. The Kier molecular flexibility index (Phi) is 7.73. The van der Waals surface area contributed by atoms with Crippen molar-refractivity contribution < 1.29 is 0 Å². The van der Waals surface area contributed by atoms with Crippen LogP contribution in [0.5, 0.6) is 0 Å². The Morgan fingerprint density at radius 2 is 1.62 bits per heavy atom. The van der Waals surface area contributed by atoms with Crippen LogP contribution in [0.4, 0.5) is 5.69 Å². The fourth-order valence-electron chi connectivity index (χ4n) is 2.41. The molecule has 0 aliphatic heterocycles. The molecule has 0 aromatic carbocycles. The summed E-state index contributed by atoms with van der Waals surface area (Å²) in [6.45, 7) is 17.6. The highest BCUT2D eigenvalue weighted by Crippen LogP contribution is 2.18. The van der Waals surface area contributed by atoms with E-state index in [9.17, 15) is 0 Å². The third kappa shape index (κ3) is 7.47. The number of aromatic nitrogens is 1. The molecular formula is C18H33N3. The Bertz CT molecular complexity index is 389. The van der Waals surface area contributed by atoms with Crippen molar-refractivity contribution in [2.24, 2.45) is 17.8 Å². The van der Waals surface area contributed by atoms with Gasteiger partial charge in [-0.3, -0.25) is 4.98 Å². The standard InChI is InChI=1S/C18H33N3/c1-14(2)10-19-11-17-9-18(7-8-20-17)21(12-15(3)4)13-16(5)6/h7-9,14-16,19H,10-13H2,1-6H3. The van der Waals surface area contributed by atoms with Crippen molar-refractivity contribution in [2.75, 3.05) is 24.5 Å². The monoisotopic (exact) mass is 291 g/mol. The van der Waals surface area contributed by atoms with Crippen molar-refractivity contribution in [1.82, 2.24) is 10.3 Å². The van der Waals surface area contributed by atoms with Gasteiger partial charge in [-0.15, -0.1) is 0 Å². The first-order valence-electron chi connectivity index (χ1n) is 8.29. The molecule has 3 nitrogen and oxygen atoms in total. The summed E-state index contributed by atoms with van der Waals surface area (Å²) >= 11 is 0. The van der Waals surface area contributed by atoms with Crippen molar-refractivity contribution in [2.45, 2.75) is 48.1 Å². The van der Waals surface area contributed by atoms with E-state index in [1.807, 2.05) is 6.20 Å². The number of anilines is 1. The van der Waals surface area contributed by atoms with Gasteiger partial charge in [-0.1, -0.05) is 41.5 Å². The van der Waals surface area contributed by atoms with Crippen LogP contribution < -0.4 is 10.2 Å². The van der Waals surface area contributed by atoms with Crippen LogP contribution in [0, 0.1) is 17.8 Å². The minimum absolute atomic E-state index is 0.666. The van der Waals surface area contributed by atoms with Crippen LogP contribution in [-0.4, -0.2) is 24.6 Å². The second-order valence-electron chi connectivity index (χ2n) is 7.22. The molecule has 21 heavy (non-hydrogen) atoms. The molecule has 1 aromatic heterocycles. The van der Waals surface area contributed by atoms with E-state index in [1.165, 1.54) is 5.69 Å². The number of nitrogens with one attached hydrogen (secondary N) is 1. The number of nitrogens with zero attached hydrogens (tertiary/aromatic N) is 2. The summed E-state index contributed by atoms with van der Waals surface area (Å²) in [4.78, 5) is 6.98. The lowest BCUT2D eigenvalue weighted by molar-refractivity contribution is 0.545. The van der Waals surface area contributed by atoms with Crippen molar-refractivity contribution in [3.05, 3.63) is 24.0 Å². The summed E-state index contributed by atoms with van der Waals surface area (Å²) in [5.41, 5.74) is 2.43. The highest BCUT2D eigenvalue weighted by molar-refractivity contribution is 5.46. The summed E-state index contributed by atoms with van der Waals surface area (Å²) in [6, 6.07) is 4.37. The van der Waals surface area contributed by atoms with E-state index < -0.39 is 0 Å². The maximum absolute atomic E-state index is 4.49. The van der Waals surface area contributed by atoms with Gasteiger partial charge in [-0.25, -0.2) is 0 Å². The normalized spacial score (nSPS) is 11.7. The molecule has 0 saturated carbocycles. The largest absolute Gasteiger partial charge is 0.371 e. The Morgan fingerprint density at radius 1 is 1.00 bits per heavy atom. The maximum atomic E-state index is 4.49. The van der Waals surface area contributed by atoms with Gasteiger partial charge >= 0.3 is 0 Å². The molecule has 0 spiro atoms. The number of rotatable bonds is 9. The maximum Gasteiger partial charge on any atom is 0.0562 e. The molecule has 0 saturated heterocycles. The smallest absolute Gasteiger partial charge is 0.0562 e. The van der Waals surface area contributed by atoms with Gasteiger partial charge in [0.15, 0.2) is 0 Å². The molecule has 120 valence electrons. The fraction of sp³-hybridized carbons (Fsp3) is 0.722. The van der Waals surface area contributed by atoms with Gasteiger partial charge in [0.05, 0.1) is 5.69 Å². The van der Waals surface area contributed by atoms with Gasteiger partial charge in [0, 0.05) is 31.5 Å². The van der Waals surface area contributed by atoms with Gasteiger partial charge in [-0.05, 0) is 36.4 Å². The summed E-state index contributed by atoms with van der Waals surface area (Å²) in [5, 5.41) is 3.47. The van der Waals surface area contributed by atoms with Crippen LogP contribution >= 0.6 is 0 Å². The first-order valence-corrected chi connectivity index (χ1v) is 8.29. The van der Waals surface area contributed by atoms with Crippen molar-refractivity contribution in [3.8, 4) is 0 Å². The molecule has 0 aliphatic rings. The van der Waals surface area contributed by atoms with Crippen LogP contribution in [0.2, 0.25) is 0 Å². The summed E-state index contributed by atoms with van der Waals surface area (Å²) < 4.78 is 0. The second kappa shape index (κ2) is 9.04. The third-order valence-corrected chi connectivity index (χ3v) is 3.20. The SMILES string of the molecule is CC(C)CNCc1cc(N(CC(C)C)CC(C)C)ccn1. The number of pyridine rings is 1. The van der Waals surface area contributed by atoms with Gasteiger partial charge in [-0.2, -0.15) is 0 Å². The van der Waals surface area contributed by atoms with Gasteiger partial charge < -0.3 is 10.2 Å². The molecule has 1 rings (SSSR count). The average molecular weight is 291 g/mol. The topological polar surface area (TPSA) is 28.2 Å². The first kappa shape index (κ1) is 18.0. The molecule has 0 atom stereocenters. The Hall–Kier alpha value is -1.09. The molecule has 1 N–H and O–H groups in total. The summed E-state index contributed by atoms with van der Waals surface area (Å²) in [5.74, 6) is 2.01. The van der Waals surface area contributed by atoms with Gasteiger partial charge in [0.2, 0.25) is 0 Å². The van der Waals surface area contributed by atoms with Crippen LogP contribution in [0.25, 0.3) is 0 Å². The lowest BCUT2D eigenvalue weighted by Crippen LogP contribution is -2.31. The van der Waals surface area contributed by atoms with Crippen molar-refractivity contribution >= 4 is 5.69 Å². The minimum atomic E-state index is 0.666. The second-order valence-corrected chi connectivity index (χ2v) is 7.22. The lowest BCUT2D eigenvalue weighted by atomic mass is 10.1. The van der Waals surface area contributed by atoms with Gasteiger partial charge in [0.25, 0.3) is 0 Å². The quantitative estimate of drug-likeness (QED) is 0.747. The molecule has 0 aliphatic carbocycles. The summed E-state index contributed by atoms with van der Waals surface area (Å²) in [7, 11) is 0. The van der Waals surface area contributed by atoms with E-state index in [2.05, 4.69) is 68.9 Å². The van der Waals surface area contributed by atoms with E-state index in [0.717, 1.165) is 31.9 Å². The van der Waals surface area contributed by atoms with Crippen LogP contribution in [0.3, 0.4) is 0 Å². The highest BCUT2D eigenvalue weighted by atomic mass is 15.1. The number of hydrogen-bond acceptors (Lipinski definition) is 3. The molecule has 3 heteroatoms. The molecule has 0 amide bonds. The Morgan fingerprint density at radius 3 is 2.14 bits per heavy atom. The van der Waals surface area contributed by atoms with E-state index in [1.54, 1.807) is 0 Å². The summed E-state index contributed by atoms with van der Waals surface area (Å²) in [6.07, 6.45) is 1.94. The molecule has 0 radical (unpaired) electrons. The van der Waals surface area contributed by atoms with E-state index in [-0.39, 0.29) is 0 Å². The first-order chi connectivity index (χ1) is 9.88. The molecule has 0 bridgehead atoms. The predicted molar refractivity (Wildman–Crippen MR) is 92.7 cm³/mol. The lowest BCUT2D eigenvalue weighted by Gasteiger charge is -2.28. The Balaban J connectivity index is 2.73. The van der Waals surface area contributed by atoms with Crippen LogP contribution in [0.15, 0.2) is 18.3 Å². The zero-order chi connectivity index (χ0) is 15.8. The van der Waals surface area contributed by atoms with Crippen molar-refractivity contribution in [3.63, 3.8) is 0 Å². The number of hydrogen-bond donors (Lipinski definition) is 1. The zero-order valence-electron chi connectivity index (χ0n) is 14.7. The van der Waals surface area contributed by atoms with Crippen molar-refractivity contribution in [1.29, 1.82) is 0 Å². The molecular weight excluding hydrogens is 258 g/mol. The average Bonchev–Trinajstić information content (AvgIpc) is 2.37. The fourth-order valence-corrected chi connectivity index (χ4v) is 2.41. The van der Waals surface area contributed by atoms with E-state index in [4.69, 9.17) is 0 Å². The third-order valence-electron chi connectivity index (χ3n) is 3.20. The predicted octanol–water partition coefficient (Wildman–Crippen LogP) is 3.95. The van der Waals surface area contributed by atoms with E-state index >= 15 is 0 Å². The molecule has 0 unspecified atom stereocenters. The zero-order valence-corrected chi connectivity index (χ0v) is 14.7. The molecule has 1 aromatic rings. The molecule has 1 heterocycles. The Labute approximate surface area is 131 Å². The van der Waals surface area contributed by atoms with Gasteiger partial charge in [0.1, 0.15) is 0 Å². The minimum Gasteiger partial charge on any atom is -0.371 e.